The molecule has 1 amide bonds. The van der Waals surface area contributed by atoms with E-state index in [0.717, 1.165) is 18.5 Å². The summed E-state index contributed by atoms with van der Waals surface area (Å²) in [6.07, 6.45) is 0.941. The van der Waals surface area contributed by atoms with Crippen LogP contribution in [-0.2, 0) is 22.6 Å². The van der Waals surface area contributed by atoms with Crippen molar-refractivity contribution in [3.05, 3.63) is 29.3 Å². The number of rotatable bonds is 5. The molecule has 0 bridgehead atoms. The number of carboxylic acids is 1. The highest BCUT2D eigenvalue weighted by Crippen LogP contribution is 2.27. The first-order valence-corrected chi connectivity index (χ1v) is 6.37. The number of nitrogens with zero attached hydrogens (tertiary/aromatic N) is 1. The van der Waals surface area contributed by atoms with Crippen LogP contribution < -0.4 is 10.2 Å². The number of aliphatic carboxylic acids is 1. The lowest BCUT2D eigenvalue weighted by atomic mass is 10.1. The van der Waals surface area contributed by atoms with Gasteiger partial charge in [-0.2, -0.15) is 0 Å². The summed E-state index contributed by atoms with van der Waals surface area (Å²) in [5, 5.41) is 11.2. The van der Waals surface area contributed by atoms with Gasteiger partial charge in [0.1, 0.15) is 0 Å². The Labute approximate surface area is 112 Å². The monoisotopic (exact) mass is 262 g/mol. The van der Waals surface area contributed by atoms with E-state index in [4.69, 9.17) is 5.11 Å². The molecule has 5 nitrogen and oxygen atoms in total. The van der Waals surface area contributed by atoms with Crippen LogP contribution in [0.2, 0.25) is 0 Å². The highest BCUT2D eigenvalue weighted by Gasteiger charge is 2.15. The van der Waals surface area contributed by atoms with Crippen LogP contribution in [0.3, 0.4) is 0 Å². The fourth-order valence-corrected chi connectivity index (χ4v) is 2.24. The average Bonchev–Trinajstić information content (AvgIpc) is 2.75. The smallest absolute Gasteiger partial charge is 0.303 e. The van der Waals surface area contributed by atoms with Crippen LogP contribution in [0.4, 0.5) is 5.69 Å². The first-order chi connectivity index (χ1) is 9.06. The predicted octanol–water partition coefficient (Wildman–Crippen LogP) is 1.16. The van der Waals surface area contributed by atoms with E-state index < -0.39 is 5.97 Å². The van der Waals surface area contributed by atoms with Gasteiger partial charge in [-0.05, 0) is 23.6 Å². The maximum atomic E-state index is 11.4. The number of likely N-dealkylation sites (N-methyl/N-ethyl adjacent to an activating group) is 1. The molecule has 1 aliphatic rings. The molecule has 1 aromatic rings. The molecule has 1 heterocycles. The third-order valence-corrected chi connectivity index (χ3v) is 3.33. The fourth-order valence-electron chi connectivity index (χ4n) is 2.24. The maximum absolute atomic E-state index is 11.4. The lowest BCUT2D eigenvalue weighted by Crippen LogP contribution is -2.23. The van der Waals surface area contributed by atoms with Gasteiger partial charge in [-0.3, -0.25) is 9.59 Å². The summed E-state index contributed by atoms with van der Waals surface area (Å²) in [5.41, 5.74) is 3.61. The van der Waals surface area contributed by atoms with E-state index >= 15 is 0 Å². The van der Waals surface area contributed by atoms with Gasteiger partial charge in [0.15, 0.2) is 0 Å². The minimum Gasteiger partial charge on any atom is -0.481 e. The van der Waals surface area contributed by atoms with Crippen LogP contribution in [0.25, 0.3) is 0 Å². The molecule has 1 aromatic carbocycles. The molecule has 0 aliphatic carbocycles. The van der Waals surface area contributed by atoms with Crippen LogP contribution in [0.1, 0.15) is 24.0 Å². The van der Waals surface area contributed by atoms with Crippen molar-refractivity contribution >= 4 is 17.6 Å². The molecular formula is C14H18N2O3. The number of carboxylic acid groups (broad SMARTS) is 1. The number of amides is 1. The first-order valence-electron chi connectivity index (χ1n) is 6.37. The molecule has 2 N–H and O–H groups in total. The fraction of sp³-hybridized carbons (Fsp3) is 0.429. The molecule has 0 spiro atoms. The second-order valence-electron chi connectivity index (χ2n) is 4.81. The summed E-state index contributed by atoms with van der Waals surface area (Å²) in [5.74, 6) is -1.17. The van der Waals surface area contributed by atoms with Gasteiger partial charge in [0, 0.05) is 32.2 Å². The van der Waals surface area contributed by atoms with Crippen molar-refractivity contribution in [2.75, 3.05) is 18.5 Å². The minimum atomic E-state index is -0.948. The van der Waals surface area contributed by atoms with Crippen LogP contribution >= 0.6 is 0 Å². The number of anilines is 1. The van der Waals surface area contributed by atoms with Gasteiger partial charge >= 0.3 is 5.97 Å². The van der Waals surface area contributed by atoms with Crippen LogP contribution in [0.5, 0.6) is 0 Å². The normalized spacial score (nSPS) is 13.2. The van der Waals surface area contributed by atoms with Crippen molar-refractivity contribution in [1.82, 2.24) is 5.32 Å². The quantitative estimate of drug-likeness (QED) is 0.835. The maximum Gasteiger partial charge on any atom is 0.303 e. The SMILES string of the molecule is CN1CCc2cc(CNC(=O)CCC(=O)O)ccc21. The molecule has 0 saturated heterocycles. The lowest BCUT2D eigenvalue weighted by molar-refractivity contribution is -0.138. The molecule has 2 rings (SSSR count). The number of benzene rings is 1. The van der Waals surface area contributed by atoms with Gasteiger partial charge in [-0.15, -0.1) is 0 Å². The van der Waals surface area contributed by atoms with E-state index in [9.17, 15) is 9.59 Å². The Morgan fingerprint density at radius 2 is 2.16 bits per heavy atom. The van der Waals surface area contributed by atoms with E-state index in [2.05, 4.69) is 29.4 Å². The van der Waals surface area contributed by atoms with Crippen molar-refractivity contribution in [2.45, 2.75) is 25.8 Å². The standard InChI is InChI=1S/C14H18N2O3/c1-16-7-6-11-8-10(2-3-12(11)16)9-15-13(17)4-5-14(18)19/h2-3,8H,4-7,9H2,1H3,(H,15,17)(H,18,19). The van der Waals surface area contributed by atoms with E-state index in [1.807, 2.05) is 6.07 Å². The molecule has 19 heavy (non-hydrogen) atoms. The average molecular weight is 262 g/mol. The highest BCUT2D eigenvalue weighted by molar-refractivity contribution is 5.80. The molecule has 0 unspecified atom stereocenters. The van der Waals surface area contributed by atoms with Gasteiger partial charge in [0.2, 0.25) is 5.91 Å². The molecule has 5 heteroatoms. The van der Waals surface area contributed by atoms with Crippen molar-refractivity contribution < 1.29 is 14.7 Å². The zero-order valence-electron chi connectivity index (χ0n) is 11.0. The Kier molecular flexibility index (Phi) is 4.04. The van der Waals surface area contributed by atoms with Gasteiger partial charge in [-0.25, -0.2) is 0 Å². The second kappa shape index (κ2) is 5.73. The number of carbonyl (C=O) groups is 2. The lowest BCUT2D eigenvalue weighted by Gasteiger charge is -2.12. The summed E-state index contributed by atoms with van der Waals surface area (Å²) in [6.45, 7) is 1.49. The largest absolute Gasteiger partial charge is 0.481 e. The summed E-state index contributed by atoms with van der Waals surface area (Å²) in [7, 11) is 2.07. The van der Waals surface area contributed by atoms with Crippen molar-refractivity contribution in [3.63, 3.8) is 0 Å². The topological polar surface area (TPSA) is 69.6 Å². The van der Waals surface area contributed by atoms with Gasteiger partial charge in [0.05, 0.1) is 6.42 Å². The molecule has 0 radical (unpaired) electrons. The molecule has 1 aliphatic heterocycles. The zero-order chi connectivity index (χ0) is 13.8. The number of nitrogens with one attached hydrogen (secondary N) is 1. The Hall–Kier alpha value is -2.04. The number of hydrogen-bond acceptors (Lipinski definition) is 3. The Morgan fingerprint density at radius 1 is 1.37 bits per heavy atom. The molecular weight excluding hydrogens is 244 g/mol. The Balaban J connectivity index is 1.87. The summed E-state index contributed by atoms with van der Waals surface area (Å²) >= 11 is 0. The zero-order valence-corrected chi connectivity index (χ0v) is 11.0. The number of hydrogen-bond donors (Lipinski definition) is 2. The van der Waals surface area contributed by atoms with E-state index in [0.29, 0.717) is 6.54 Å². The van der Waals surface area contributed by atoms with Crippen LogP contribution in [-0.4, -0.2) is 30.6 Å². The molecule has 0 saturated carbocycles. The first kappa shape index (κ1) is 13.4. The van der Waals surface area contributed by atoms with E-state index in [1.54, 1.807) is 0 Å². The van der Waals surface area contributed by atoms with Crippen molar-refractivity contribution in [1.29, 1.82) is 0 Å². The summed E-state index contributed by atoms with van der Waals surface area (Å²) < 4.78 is 0. The second-order valence-corrected chi connectivity index (χ2v) is 4.81. The Bertz CT molecular complexity index is 499. The van der Waals surface area contributed by atoms with Crippen LogP contribution in [0, 0.1) is 0 Å². The Morgan fingerprint density at radius 3 is 2.89 bits per heavy atom. The third kappa shape index (κ3) is 3.47. The van der Waals surface area contributed by atoms with E-state index in [-0.39, 0.29) is 18.7 Å². The van der Waals surface area contributed by atoms with Crippen molar-refractivity contribution in [3.8, 4) is 0 Å². The summed E-state index contributed by atoms with van der Waals surface area (Å²) in [6, 6.07) is 6.18. The summed E-state index contributed by atoms with van der Waals surface area (Å²) in [4.78, 5) is 24.0. The molecule has 0 atom stereocenters. The number of carbonyl (C=O) groups excluding carboxylic acids is 1. The molecule has 102 valence electrons. The third-order valence-electron chi connectivity index (χ3n) is 3.33. The highest BCUT2D eigenvalue weighted by atomic mass is 16.4. The van der Waals surface area contributed by atoms with Gasteiger partial charge in [-0.1, -0.05) is 12.1 Å². The predicted molar refractivity (Wildman–Crippen MR) is 72.1 cm³/mol. The van der Waals surface area contributed by atoms with Crippen LogP contribution in [0.15, 0.2) is 18.2 Å². The van der Waals surface area contributed by atoms with E-state index in [1.165, 1.54) is 11.3 Å². The number of fused-ring (bicyclic) bond motifs is 1. The minimum absolute atomic E-state index is 0.0308. The van der Waals surface area contributed by atoms with Crippen molar-refractivity contribution in [2.24, 2.45) is 0 Å². The van der Waals surface area contributed by atoms with Gasteiger partial charge < -0.3 is 15.3 Å². The van der Waals surface area contributed by atoms with Gasteiger partial charge in [0.25, 0.3) is 0 Å². The molecule has 0 aromatic heterocycles. The molecule has 0 fully saturated rings.